The lowest BCUT2D eigenvalue weighted by Gasteiger charge is -2.33. The Morgan fingerprint density at radius 1 is 1.14 bits per heavy atom. The van der Waals surface area contributed by atoms with Crippen molar-refractivity contribution in [2.24, 2.45) is 0 Å². The van der Waals surface area contributed by atoms with E-state index in [2.05, 4.69) is 0 Å². The average molecular weight is 405 g/mol. The van der Waals surface area contributed by atoms with Gasteiger partial charge < -0.3 is 10.0 Å². The van der Waals surface area contributed by atoms with Gasteiger partial charge in [-0.3, -0.25) is 4.79 Å². The highest BCUT2D eigenvalue weighted by atomic mass is 19.4. The largest absolute Gasteiger partial charge is 0.478 e. The molecule has 1 aliphatic rings. The maximum Gasteiger partial charge on any atom is 0.416 e. The van der Waals surface area contributed by atoms with E-state index in [-0.39, 0.29) is 23.8 Å². The minimum atomic E-state index is -4.39. The predicted octanol–water partition coefficient (Wildman–Crippen LogP) is 4.66. The van der Waals surface area contributed by atoms with E-state index in [0.717, 1.165) is 30.5 Å². The fraction of sp³-hybridized carbons (Fsp3) is 0.364. The van der Waals surface area contributed by atoms with Gasteiger partial charge in [-0.25, -0.2) is 4.79 Å². The van der Waals surface area contributed by atoms with Gasteiger partial charge in [0, 0.05) is 19.0 Å². The lowest BCUT2D eigenvalue weighted by Crippen LogP contribution is -2.40. The summed E-state index contributed by atoms with van der Waals surface area (Å²) in [6.45, 7) is 2.89. The predicted molar refractivity (Wildman–Crippen MR) is 102 cm³/mol. The highest BCUT2D eigenvalue weighted by Crippen LogP contribution is 2.30. The number of likely N-dealkylation sites (tertiary alicyclic amines) is 1. The lowest BCUT2D eigenvalue weighted by molar-refractivity contribution is -0.137. The summed E-state index contributed by atoms with van der Waals surface area (Å²) in [5, 5.41) is 9.17. The normalized spacial score (nSPS) is 17.2. The first-order valence-electron chi connectivity index (χ1n) is 9.43. The molecule has 1 fully saturated rings. The number of carboxylic acid groups (broad SMARTS) is 1. The van der Waals surface area contributed by atoms with Gasteiger partial charge in [-0.15, -0.1) is 0 Å². The van der Waals surface area contributed by atoms with Crippen LogP contribution in [-0.4, -0.2) is 35.0 Å². The maximum absolute atomic E-state index is 12.7. The van der Waals surface area contributed by atoms with Crippen LogP contribution in [0.25, 0.3) is 0 Å². The molecular formula is C22H22F3NO3. The minimum absolute atomic E-state index is 0.0574. The molecular weight excluding hydrogens is 383 g/mol. The van der Waals surface area contributed by atoms with Crippen LogP contribution < -0.4 is 0 Å². The van der Waals surface area contributed by atoms with Crippen LogP contribution in [-0.2, 0) is 17.4 Å². The van der Waals surface area contributed by atoms with E-state index in [4.69, 9.17) is 5.11 Å². The number of aryl methyl sites for hydroxylation is 1. The number of nitrogens with zero attached hydrogens (tertiary/aromatic N) is 1. The van der Waals surface area contributed by atoms with Gasteiger partial charge >= 0.3 is 12.1 Å². The van der Waals surface area contributed by atoms with Crippen molar-refractivity contribution in [1.82, 2.24) is 4.90 Å². The number of hydrogen-bond acceptors (Lipinski definition) is 2. The van der Waals surface area contributed by atoms with E-state index >= 15 is 0 Å². The molecule has 2 aromatic carbocycles. The van der Waals surface area contributed by atoms with Gasteiger partial charge in [-0.1, -0.05) is 24.3 Å². The molecule has 0 radical (unpaired) electrons. The van der Waals surface area contributed by atoms with Gasteiger partial charge in [-0.2, -0.15) is 13.2 Å². The fourth-order valence-corrected chi connectivity index (χ4v) is 3.75. The van der Waals surface area contributed by atoms with Gasteiger partial charge in [0.25, 0.3) is 0 Å². The van der Waals surface area contributed by atoms with Crippen molar-refractivity contribution in [3.05, 3.63) is 70.3 Å². The number of aromatic carboxylic acids is 1. The SMILES string of the molecule is Cc1cc(C2CCCN(C(=O)Cc3ccc(C(F)(F)F)cc3)C2)ccc1C(=O)O. The van der Waals surface area contributed by atoms with Gasteiger partial charge in [0.05, 0.1) is 17.5 Å². The zero-order valence-corrected chi connectivity index (χ0v) is 16.0. The molecule has 0 spiro atoms. The first-order chi connectivity index (χ1) is 13.6. The van der Waals surface area contributed by atoms with Crippen LogP contribution in [0, 0.1) is 6.92 Å². The Labute approximate surface area is 167 Å². The summed E-state index contributed by atoms with van der Waals surface area (Å²) >= 11 is 0. The van der Waals surface area contributed by atoms with E-state index in [1.165, 1.54) is 12.1 Å². The summed E-state index contributed by atoms with van der Waals surface area (Å²) in [4.78, 5) is 25.6. The van der Waals surface area contributed by atoms with E-state index in [1.807, 2.05) is 6.07 Å². The molecule has 1 N–H and O–H groups in total. The van der Waals surface area contributed by atoms with Crippen LogP contribution in [0.5, 0.6) is 0 Å². The third-order valence-electron chi connectivity index (χ3n) is 5.36. The van der Waals surface area contributed by atoms with Gasteiger partial charge in [0.2, 0.25) is 5.91 Å². The van der Waals surface area contributed by atoms with Crippen molar-refractivity contribution in [2.75, 3.05) is 13.1 Å². The molecule has 0 bridgehead atoms. The summed E-state index contributed by atoms with van der Waals surface area (Å²) in [6.07, 6.45) is -2.61. The summed E-state index contributed by atoms with van der Waals surface area (Å²) in [6, 6.07) is 9.92. The quantitative estimate of drug-likeness (QED) is 0.805. The summed E-state index contributed by atoms with van der Waals surface area (Å²) in [5.74, 6) is -0.971. The Bertz CT molecular complexity index is 907. The van der Waals surface area contributed by atoms with Gasteiger partial charge in [-0.05, 0) is 54.7 Å². The smallest absolute Gasteiger partial charge is 0.416 e. The number of piperidine rings is 1. The second-order valence-electron chi connectivity index (χ2n) is 7.43. The van der Waals surface area contributed by atoms with Crippen molar-refractivity contribution >= 4 is 11.9 Å². The van der Waals surface area contributed by atoms with Crippen molar-refractivity contribution < 1.29 is 27.9 Å². The fourth-order valence-electron chi connectivity index (χ4n) is 3.75. The van der Waals surface area contributed by atoms with Gasteiger partial charge in [0.1, 0.15) is 0 Å². The second-order valence-corrected chi connectivity index (χ2v) is 7.43. The Hall–Kier alpha value is -2.83. The summed E-state index contributed by atoms with van der Waals surface area (Å²) in [7, 11) is 0. The molecule has 0 saturated carbocycles. The number of hydrogen-bond donors (Lipinski definition) is 1. The zero-order chi connectivity index (χ0) is 21.2. The second kappa shape index (κ2) is 8.27. The molecule has 3 rings (SSSR count). The number of carbonyl (C=O) groups is 2. The van der Waals surface area contributed by atoms with Crippen molar-refractivity contribution in [1.29, 1.82) is 0 Å². The summed E-state index contributed by atoms with van der Waals surface area (Å²) in [5.41, 5.74) is 1.77. The molecule has 4 nitrogen and oxygen atoms in total. The maximum atomic E-state index is 12.7. The number of halogens is 3. The molecule has 29 heavy (non-hydrogen) atoms. The molecule has 1 unspecified atom stereocenters. The first-order valence-corrected chi connectivity index (χ1v) is 9.43. The van der Waals surface area contributed by atoms with E-state index in [1.54, 1.807) is 24.0 Å². The van der Waals surface area contributed by atoms with Crippen LogP contribution in [0.15, 0.2) is 42.5 Å². The molecule has 1 saturated heterocycles. The Morgan fingerprint density at radius 3 is 2.41 bits per heavy atom. The number of benzene rings is 2. The molecule has 0 aromatic heterocycles. The average Bonchev–Trinajstić information content (AvgIpc) is 2.67. The Kier molecular flexibility index (Phi) is 5.96. The number of amides is 1. The molecule has 7 heteroatoms. The lowest BCUT2D eigenvalue weighted by atomic mass is 9.88. The number of carboxylic acids is 1. The zero-order valence-electron chi connectivity index (χ0n) is 16.0. The monoisotopic (exact) mass is 405 g/mol. The van der Waals surface area contributed by atoms with E-state index in [0.29, 0.717) is 24.2 Å². The third kappa shape index (κ3) is 4.96. The highest BCUT2D eigenvalue weighted by molar-refractivity contribution is 5.89. The van der Waals surface area contributed by atoms with Crippen molar-refractivity contribution in [2.45, 2.75) is 38.3 Å². The standard InChI is InChI=1S/C22H22F3NO3/c1-14-11-16(6-9-19(14)21(28)29)17-3-2-10-26(13-17)20(27)12-15-4-7-18(8-5-15)22(23,24)25/h4-9,11,17H,2-3,10,12-13H2,1H3,(H,28,29). The van der Waals surface area contributed by atoms with Crippen LogP contribution in [0.2, 0.25) is 0 Å². The molecule has 154 valence electrons. The van der Waals surface area contributed by atoms with Crippen LogP contribution >= 0.6 is 0 Å². The highest BCUT2D eigenvalue weighted by Gasteiger charge is 2.30. The molecule has 1 heterocycles. The summed E-state index contributed by atoms with van der Waals surface area (Å²) < 4.78 is 38.0. The van der Waals surface area contributed by atoms with Gasteiger partial charge in [0.15, 0.2) is 0 Å². The molecule has 2 aromatic rings. The number of alkyl halides is 3. The van der Waals surface area contributed by atoms with Crippen LogP contribution in [0.3, 0.4) is 0 Å². The third-order valence-corrected chi connectivity index (χ3v) is 5.36. The number of rotatable bonds is 4. The minimum Gasteiger partial charge on any atom is -0.478 e. The van der Waals surface area contributed by atoms with E-state index in [9.17, 15) is 22.8 Å². The van der Waals surface area contributed by atoms with Crippen LogP contribution in [0.1, 0.15) is 51.4 Å². The van der Waals surface area contributed by atoms with Crippen molar-refractivity contribution in [3.8, 4) is 0 Å². The Morgan fingerprint density at radius 2 is 1.83 bits per heavy atom. The molecule has 0 aliphatic carbocycles. The van der Waals surface area contributed by atoms with Crippen LogP contribution in [0.4, 0.5) is 13.2 Å². The van der Waals surface area contributed by atoms with Crippen molar-refractivity contribution in [3.63, 3.8) is 0 Å². The molecule has 1 amide bonds. The molecule has 1 atom stereocenters. The number of carbonyl (C=O) groups excluding carboxylic acids is 1. The first kappa shape index (κ1) is 20.9. The Balaban J connectivity index is 1.66. The van der Waals surface area contributed by atoms with E-state index < -0.39 is 17.7 Å². The topological polar surface area (TPSA) is 57.6 Å². The molecule has 1 aliphatic heterocycles.